The van der Waals surface area contributed by atoms with Gasteiger partial charge in [-0.2, -0.15) is 14.9 Å². The highest BCUT2D eigenvalue weighted by atomic mass is 28.3. The molecule has 37 heavy (non-hydrogen) atoms. The predicted octanol–water partition coefficient (Wildman–Crippen LogP) is 4.63. The van der Waals surface area contributed by atoms with Gasteiger partial charge in [-0.05, 0) is 56.2 Å². The van der Waals surface area contributed by atoms with E-state index in [1.807, 2.05) is 21.6 Å². The van der Waals surface area contributed by atoms with Gasteiger partial charge in [-0.25, -0.2) is 9.67 Å². The number of aromatic nitrogens is 5. The van der Waals surface area contributed by atoms with Gasteiger partial charge in [-0.1, -0.05) is 19.6 Å². The molecule has 2 fully saturated rings. The van der Waals surface area contributed by atoms with Gasteiger partial charge in [0.05, 0.1) is 31.6 Å². The van der Waals surface area contributed by atoms with Crippen molar-refractivity contribution in [2.24, 2.45) is 5.92 Å². The maximum atomic E-state index is 11.4. The number of aldehydes is 1. The number of pyridine rings is 1. The fraction of sp³-hybridized carbons (Fsp3) is 0.630. The number of hydrogen-bond acceptors (Lipinski definition) is 7. The Morgan fingerprint density at radius 3 is 2.73 bits per heavy atom. The Labute approximate surface area is 220 Å². The van der Waals surface area contributed by atoms with Crippen LogP contribution in [0.3, 0.4) is 0 Å². The van der Waals surface area contributed by atoms with E-state index in [2.05, 4.69) is 42.6 Å². The van der Waals surface area contributed by atoms with Gasteiger partial charge < -0.3 is 19.2 Å². The molecule has 2 aliphatic rings. The summed E-state index contributed by atoms with van der Waals surface area (Å²) in [6.07, 6.45) is 8.76. The normalized spacial score (nSPS) is 23.0. The first-order valence-electron chi connectivity index (χ1n) is 13.6. The van der Waals surface area contributed by atoms with Crippen molar-refractivity contribution in [2.45, 2.75) is 77.0 Å². The molecule has 1 atom stereocenters. The fourth-order valence-electron chi connectivity index (χ4n) is 5.43. The van der Waals surface area contributed by atoms with Crippen molar-refractivity contribution < 1.29 is 14.3 Å². The van der Waals surface area contributed by atoms with Gasteiger partial charge in [0.2, 0.25) is 0 Å². The maximum absolute atomic E-state index is 11.4. The van der Waals surface area contributed by atoms with Crippen LogP contribution in [0.1, 0.15) is 44.1 Å². The molecule has 0 N–H and O–H groups in total. The van der Waals surface area contributed by atoms with Crippen LogP contribution in [0.4, 0.5) is 5.82 Å². The number of carbonyl (C=O) groups is 1. The summed E-state index contributed by atoms with van der Waals surface area (Å²) in [7, 11) is -1.16. The van der Waals surface area contributed by atoms with Crippen LogP contribution in [0.5, 0.6) is 0 Å². The van der Waals surface area contributed by atoms with Crippen molar-refractivity contribution in [1.82, 2.24) is 24.5 Å². The molecule has 0 spiro atoms. The summed E-state index contributed by atoms with van der Waals surface area (Å²) in [5.41, 5.74) is 2.12. The number of nitrogens with zero attached hydrogens (tertiary/aromatic N) is 6. The van der Waals surface area contributed by atoms with Crippen LogP contribution in [-0.2, 0) is 21.0 Å². The largest absolute Gasteiger partial charge is 0.377 e. The summed E-state index contributed by atoms with van der Waals surface area (Å²) >= 11 is 0. The van der Waals surface area contributed by atoms with Crippen LogP contribution in [-0.4, -0.2) is 71.3 Å². The summed E-state index contributed by atoms with van der Waals surface area (Å²) in [4.78, 5) is 18.9. The molecule has 0 amide bonds. The smallest absolute Gasteiger partial charge is 0.167 e. The van der Waals surface area contributed by atoms with E-state index in [4.69, 9.17) is 19.6 Å². The van der Waals surface area contributed by atoms with E-state index in [9.17, 15) is 4.79 Å². The Balaban J connectivity index is 1.50. The van der Waals surface area contributed by atoms with E-state index in [0.717, 1.165) is 73.8 Å². The van der Waals surface area contributed by atoms with Crippen LogP contribution < -0.4 is 4.90 Å². The first-order valence-corrected chi connectivity index (χ1v) is 17.3. The summed E-state index contributed by atoms with van der Waals surface area (Å²) in [5.74, 6) is 2.39. The van der Waals surface area contributed by atoms with Crippen molar-refractivity contribution in [3.63, 3.8) is 0 Å². The standard InChI is InChI=1S/C27H40N6O3Si/c1-20-18-35-12-11-31(20)25-15-23(22-7-5-21(17-34)6-8-22)24-16-29-33(27(24)30-25)26-9-10-28-32(26)19-36-13-14-37(2,3)4/h9-10,15-17,20-22H,5-8,11-14,18-19H2,1-4H3/t20-,21?,22?/m1/s1. The molecule has 1 aliphatic heterocycles. The SMILES string of the molecule is C[C@@H]1COCCN1c1cc(C2CCC(C=O)CC2)c2cnn(-c3ccnn3COCC[Si](C)(C)C)c2n1. The van der Waals surface area contributed by atoms with E-state index in [0.29, 0.717) is 25.9 Å². The molecule has 1 aliphatic carbocycles. The number of carbonyl (C=O) groups excluding carboxylic acids is 1. The van der Waals surface area contributed by atoms with Crippen LogP contribution >= 0.6 is 0 Å². The van der Waals surface area contributed by atoms with E-state index in [1.54, 1.807) is 6.20 Å². The second-order valence-electron chi connectivity index (χ2n) is 11.8. The third-order valence-electron chi connectivity index (χ3n) is 7.75. The molecule has 3 aromatic heterocycles. The molecule has 0 aromatic carbocycles. The minimum Gasteiger partial charge on any atom is -0.377 e. The molecule has 0 bridgehead atoms. The molecule has 5 rings (SSSR count). The van der Waals surface area contributed by atoms with Crippen LogP contribution in [0.2, 0.25) is 25.7 Å². The molecular weight excluding hydrogens is 484 g/mol. The van der Waals surface area contributed by atoms with Gasteiger partial charge in [0.1, 0.15) is 18.8 Å². The zero-order valence-corrected chi connectivity index (χ0v) is 23.6. The second kappa shape index (κ2) is 11.0. The lowest BCUT2D eigenvalue weighted by Gasteiger charge is -2.35. The highest BCUT2D eigenvalue weighted by molar-refractivity contribution is 6.76. The predicted molar refractivity (Wildman–Crippen MR) is 147 cm³/mol. The number of hydrogen-bond donors (Lipinski definition) is 0. The number of rotatable bonds is 9. The Morgan fingerprint density at radius 2 is 2.00 bits per heavy atom. The van der Waals surface area contributed by atoms with Crippen LogP contribution in [0.15, 0.2) is 24.5 Å². The lowest BCUT2D eigenvalue weighted by atomic mass is 9.78. The first kappa shape index (κ1) is 26.1. The lowest BCUT2D eigenvalue weighted by molar-refractivity contribution is -0.111. The van der Waals surface area contributed by atoms with Gasteiger partial charge in [0.25, 0.3) is 0 Å². The van der Waals surface area contributed by atoms with Crippen molar-refractivity contribution in [2.75, 3.05) is 31.3 Å². The Bertz CT molecular complexity index is 1210. The quantitative estimate of drug-likeness (QED) is 0.229. The lowest BCUT2D eigenvalue weighted by Crippen LogP contribution is -2.44. The monoisotopic (exact) mass is 524 g/mol. The Hall–Kier alpha value is -2.56. The minimum atomic E-state index is -1.16. The van der Waals surface area contributed by atoms with Crippen LogP contribution in [0.25, 0.3) is 16.9 Å². The molecule has 3 aromatic rings. The summed E-state index contributed by atoms with van der Waals surface area (Å²) in [5, 5.41) is 10.4. The molecule has 4 heterocycles. The topological polar surface area (TPSA) is 87.3 Å². The molecule has 0 radical (unpaired) electrons. The average molecular weight is 525 g/mol. The van der Waals surface area contributed by atoms with Crippen molar-refractivity contribution in [3.8, 4) is 5.82 Å². The molecule has 10 heteroatoms. The molecule has 200 valence electrons. The third-order valence-corrected chi connectivity index (χ3v) is 9.45. The van der Waals surface area contributed by atoms with Gasteiger partial charge in [-0.15, -0.1) is 0 Å². The van der Waals surface area contributed by atoms with Crippen molar-refractivity contribution in [3.05, 3.63) is 30.1 Å². The Kier molecular flexibility index (Phi) is 7.78. The van der Waals surface area contributed by atoms with Crippen molar-refractivity contribution >= 4 is 31.2 Å². The number of morpholine rings is 1. The molecule has 1 saturated carbocycles. The number of anilines is 1. The zero-order chi connectivity index (χ0) is 26.0. The van der Waals surface area contributed by atoms with E-state index in [-0.39, 0.29) is 12.0 Å². The van der Waals surface area contributed by atoms with Gasteiger partial charge in [-0.3, -0.25) is 0 Å². The highest BCUT2D eigenvalue weighted by Crippen LogP contribution is 2.40. The summed E-state index contributed by atoms with van der Waals surface area (Å²) in [6, 6.07) is 5.60. The average Bonchev–Trinajstić information content (AvgIpc) is 3.52. The van der Waals surface area contributed by atoms with Crippen molar-refractivity contribution in [1.29, 1.82) is 0 Å². The first-order chi connectivity index (χ1) is 17.8. The fourth-order valence-corrected chi connectivity index (χ4v) is 6.19. The van der Waals surface area contributed by atoms with Crippen LogP contribution in [0, 0.1) is 5.92 Å². The number of ether oxygens (including phenoxy) is 2. The second-order valence-corrected chi connectivity index (χ2v) is 17.4. The zero-order valence-electron chi connectivity index (χ0n) is 22.6. The minimum absolute atomic E-state index is 0.185. The van der Waals surface area contributed by atoms with Gasteiger partial charge in [0.15, 0.2) is 11.5 Å². The Morgan fingerprint density at radius 1 is 1.19 bits per heavy atom. The molecule has 1 saturated heterocycles. The third kappa shape index (κ3) is 5.81. The molecule has 9 nitrogen and oxygen atoms in total. The van der Waals surface area contributed by atoms with E-state index >= 15 is 0 Å². The highest BCUT2D eigenvalue weighted by Gasteiger charge is 2.28. The molecular formula is C27H40N6O3Si. The van der Waals surface area contributed by atoms with Gasteiger partial charge in [0, 0.05) is 38.6 Å². The summed E-state index contributed by atoms with van der Waals surface area (Å²) in [6.45, 7) is 12.6. The maximum Gasteiger partial charge on any atom is 0.167 e. The number of fused-ring (bicyclic) bond motifs is 1. The summed E-state index contributed by atoms with van der Waals surface area (Å²) < 4.78 is 15.5. The van der Waals surface area contributed by atoms with Gasteiger partial charge >= 0.3 is 0 Å². The molecule has 0 unspecified atom stereocenters. The van der Waals surface area contributed by atoms with E-state index in [1.165, 1.54) is 5.56 Å². The van der Waals surface area contributed by atoms with E-state index < -0.39 is 8.07 Å².